The van der Waals surface area contributed by atoms with E-state index in [2.05, 4.69) is 39.4 Å². The number of aliphatic imine (C=N–C) groups is 1. The van der Waals surface area contributed by atoms with Gasteiger partial charge in [0.25, 0.3) is 0 Å². The van der Waals surface area contributed by atoms with E-state index in [1.165, 1.54) is 0 Å². The molecule has 0 bridgehead atoms. The summed E-state index contributed by atoms with van der Waals surface area (Å²) in [6.45, 7) is 9.26. The van der Waals surface area contributed by atoms with E-state index in [0.717, 1.165) is 38.4 Å². The van der Waals surface area contributed by atoms with Gasteiger partial charge in [0.05, 0.1) is 25.2 Å². The molecule has 1 aliphatic rings. The van der Waals surface area contributed by atoms with Crippen LogP contribution in [0.4, 0.5) is 4.39 Å². The van der Waals surface area contributed by atoms with E-state index >= 15 is 0 Å². The number of halogens is 1. The minimum absolute atomic E-state index is 0.280. The molecule has 1 aromatic heterocycles. The summed E-state index contributed by atoms with van der Waals surface area (Å²) in [6, 6.07) is 5.62. The van der Waals surface area contributed by atoms with Gasteiger partial charge in [0, 0.05) is 51.7 Å². The third-order valence-electron chi connectivity index (χ3n) is 5.24. The van der Waals surface area contributed by atoms with Crippen molar-refractivity contribution in [1.82, 2.24) is 25.1 Å². The van der Waals surface area contributed by atoms with Gasteiger partial charge in [0.2, 0.25) is 0 Å². The van der Waals surface area contributed by atoms with Gasteiger partial charge in [-0.15, -0.1) is 0 Å². The number of hydrogen-bond acceptors (Lipinski definition) is 4. The topological polar surface area (TPSA) is 66.7 Å². The number of benzene rings is 1. The fourth-order valence-electron chi connectivity index (χ4n) is 3.57. The number of rotatable bonds is 7. The number of ether oxygens (including phenoxy) is 1. The van der Waals surface area contributed by atoms with E-state index in [1.807, 2.05) is 6.07 Å². The normalized spacial score (nSPS) is 16.8. The molecule has 0 spiro atoms. The first-order chi connectivity index (χ1) is 14.1. The second-order valence-electron chi connectivity index (χ2n) is 7.52. The van der Waals surface area contributed by atoms with Gasteiger partial charge in [-0.1, -0.05) is 19.9 Å². The number of imidazole rings is 1. The molecule has 1 aromatic carbocycles. The lowest BCUT2D eigenvalue weighted by Gasteiger charge is -2.37. The van der Waals surface area contributed by atoms with Crippen molar-refractivity contribution in [3.05, 3.63) is 48.3 Å². The highest BCUT2D eigenvalue weighted by atomic mass is 19.1. The van der Waals surface area contributed by atoms with E-state index in [-0.39, 0.29) is 5.82 Å². The molecular weight excluding hydrogens is 371 g/mol. The minimum atomic E-state index is -0.280. The van der Waals surface area contributed by atoms with Gasteiger partial charge in [0.15, 0.2) is 5.96 Å². The summed E-state index contributed by atoms with van der Waals surface area (Å²) < 4.78 is 21.6. The maximum atomic E-state index is 14.4. The predicted octanol–water partition coefficient (Wildman–Crippen LogP) is 2.03. The van der Waals surface area contributed by atoms with Crippen LogP contribution in [0.15, 0.2) is 41.9 Å². The van der Waals surface area contributed by atoms with Gasteiger partial charge in [-0.25, -0.2) is 9.37 Å². The molecule has 2 heterocycles. The van der Waals surface area contributed by atoms with E-state index < -0.39 is 0 Å². The number of hydrogen-bond donors (Lipinski definition) is 2. The lowest BCUT2D eigenvalue weighted by atomic mass is 10.0. The zero-order valence-electron chi connectivity index (χ0n) is 17.4. The quantitative estimate of drug-likeness (QED) is 0.548. The van der Waals surface area contributed by atoms with Gasteiger partial charge in [0.1, 0.15) is 5.82 Å². The Hall–Kier alpha value is -2.45. The molecular formula is C21H31FN6O. The van der Waals surface area contributed by atoms with Gasteiger partial charge < -0.3 is 19.9 Å². The first-order valence-corrected chi connectivity index (χ1v) is 10.1. The summed E-state index contributed by atoms with van der Waals surface area (Å²) >= 11 is 0. The van der Waals surface area contributed by atoms with Crippen LogP contribution in [-0.2, 0) is 11.3 Å². The van der Waals surface area contributed by atoms with Crippen molar-refractivity contribution in [2.75, 3.05) is 39.9 Å². The summed E-state index contributed by atoms with van der Waals surface area (Å²) in [5.41, 5.74) is 1.34. The Morgan fingerprint density at radius 3 is 2.69 bits per heavy atom. The molecule has 7 nitrogen and oxygen atoms in total. The monoisotopic (exact) mass is 402 g/mol. The van der Waals surface area contributed by atoms with Crippen LogP contribution in [0.2, 0.25) is 0 Å². The van der Waals surface area contributed by atoms with Crippen molar-refractivity contribution in [2.45, 2.75) is 26.4 Å². The molecule has 29 heavy (non-hydrogen) atoms. The molecule has 3 rings (SSSR count). The Bertz CT molecular complexity index is 786. The zero-order valence-corrected chi connectivity index (χ0v) is 17.4. The number of aromatic nitrogens is 2. The average molecular weight is 403 g/mol. The summed E-state index contributed by atoms with van der Waals surface area (Å²) in [7, 11) is 1.75. The Morgan fingerprint density at radius 2 is 2.07 bits per heavy atom. The van der Waals surface area contributed by atoms with Crippen LogP contribution in [0.5, 0.6) is 0 Å². The maximum absolute atomic E-state index is 14.4. The highest BCUT2D eigenvalue weighted by molar-refractivity contribution is 5.79. The molecule has 0 radical (unpaired) electrons. The lowest BCUT2D eigenvalue weighted by Crippen LogP contribution is -2.52. The second kappa shape index (κ2) is 10.4. The molecule has 2 aromatic rings. The van der Waals surface area contributed by atoms with E-state index in [0.29, 0.717) is 30.2 Å². The Kier molecular flexibility index (Phi) is 7.60. The fraction of sp³-hybridized carbons (Fsp3) is 0.524. The summed E-state index contributed by atoms with van der Waals surface area (Å²) in [5.74, 6) is 0.948. The van der Waals surface area contributed by atoms with Crippen molar-refractivity contribution in [3.63, 3.8) is 0 Å². The van der Waals surface area contributed by atoms with Crippen molar-refractivity contribution >= 4 is 5.96 Å². The molecule has 1 aliphatic heterocycles. The third kappa shape index (κ3) is 5.77. The van der Waals surface area contributed by atoms with Crippen LogP contribution in [0.3, 0.4) is 0 Å². The molecule has 0 saturated carbocycles. The van der Waals surface area contributed by atoms with Gasteiger partial charge >= 0.3 is 0 Å². The van der Waals surface area contributed by atoms with Crippen LogP contribution in [0.1, 0.15) is 19.4 Å². The maximum Gasteiger partial charge on any atom is 0.191 e. The standard InChI is InChI=1S/C21H31FN6O/c1-16(2)20(27-8-10-29-11-9-27)14-26-21(23-3)25-13-17-4-5-19(18(22)12-17)28-7-6-24-15-28/h4-7,12,15-16,20H,8-11,13-14H2,1-3H3,(H2,23,25,26). The van der Waals surface area contributed by atoms with E-state index in [4.69, 9.17) is 4.74 Å². The molecule has 8 heteroatoms. The van der Waals surface area contributed by atoms with Crippen molar-refractivity contribution in [2.24, 2.45) is 10.9 Å². The second-order valence-corrected chi connectivity index (χ2v) is 7.52. The molecule has 1 unspecified atom stereocenters. The molecule has 0 aliphatic carbocycles. The van der Waals surface area contributed by atoms with Crippen molar-refractivity contribution in [1.29, 1.82) is 0 Å². The molecule has 1 fully saturated rings. The van der Waals surface area contributed by atoms with Gasteiger partial charge in [-0.05, 0) is 23.6 Å². The predicted molar refractivity (Wildman–Crippen MR) is 113 cm³/mol. The molecule has 2 N–H and O–H groups in total. The Morgan fingerprint density at radius 1 is 1.28 bits per heavy atom. The Labute approximate surface area is 172 Å². The van der Waals surface area contributed by atoms with Crippen LogP contribution in [-0.4, -0.2) is 66.3 Å². The van der Waals surface area contributed by atoms with Crippen LogP contribution < -0.4 is 10.6 Å². The SMILES string of the molecule is CN=C(NCc1ccc(-n2ccnc2)c(F)c1)NCC(C(C)C)N1CCOCC1. The number of morpholine rings is 1. The Balaban J connectivity index is 1.54. The first-order valence-electron chi connectivity index (χ1n) is 10.1. The fourth-order valence-corrected chi connectivity index (χ4v) is 3.57. The largest absolute Gasteiger partial charge is 0.379 e. The number of nitrogens with zero attached hydrogens (tertiary/aromatic N) is 4. The number of nitrogens with one attached hydrogen (secondary N) is 2. The zero-order chi connectivity index (χ0) is 20.6. The minimum Gasteiger partial charge on any atom is -0.379 e. The lowest BCUT2D eigenvalue weighted by molar-refractivity contribution is 0.00752. The summed E-state index contributed by atoms with van der Waals surface area (Å²) in [5, 5.41) is 6.69. The molecule has 0 amide bonds. The van der Waals surface area contributed by atoms with Crippen molar-refractivity contribution in [3.8, 4) is 5.69 Å². The molecule has 1 atom stereocenters. The highest BCUT2D eigenvalue weighted by Crippen LogP contribution is 2.15. The smallest absolute Gasteiger partial charge is 0.191 e. The van der Waals surface area contributed by atoms with Crippen LogP contribution in [0.25, 0.3) is 5.69 Å². The third-order valence-corrected chi connectivity index (χ3v) is 5.24. The highest BCUT2D eigenvalue weighted by Gasteiger charge is 2.23. The van der Waals surface area contributed by atoms with Crippen LogP contribution in [0, 0.1) is 11.7 Å². The van der Waals surface area contributed by atoms with Crippen molar-refractivity contribution < 1.29 is 9.13 Å². The van der Waals surface area contributed by atoms with Crippen LogP contribution >= 0.6 is 0 Å². The summed E-state index contributed by atoms with van der Waals surface area (Å²) in [6.07, 6.45) is 4.94. The molecule has 158 valence electrons. The number of guanidine groups is 1. The van der Waals surface area contributed by atoms with Gasteiger partial charge in [-0.2, -0.15) is 0 Å². The van der Waals surface area contributed by atoms with E-state index in [1.54, 1.807) is 42.5 Å². The average Bonchev–Trinajstić information content (AvgIpc) is 3.25. The molecule has 1 saturated heterocycles. The van der Waals surface area contributed by atoms with Gasteiger partial charge in [-0.3, -0.25) is 9.89 Å². The summed E-state index contributed by atoms with van der Waals surface area (Å²) in [4.78, 5) is 10.7. The van der Waals surface area contributed by atoms with E-state index in [9.17, 15) is 4.39 Å². The first kappa shape index (κ1) is 21.3.